The average molecular weight is 239 g/mol. The predicted octanol–water partition coefficient (Wildman–Crippen LogP) is -0.00870. The van der Waals surface area contributed by atoms with Gasteiger partial charge in [-0.15, -0.1) is 10.2 Å². The van der Waals surface area contributed by atoms with E-state index in [-0.39, 0.29) is 11.9 Å². The topological polar surface area (TPSA) is 85.8 Å². The van der Waals surface area contributed by atoms with E-state index in [1.165, 1.54) is 0 Å². The summed E-state index contributed by atoms with van der Waals surface area (Å²) in [7, 11) is 1.89. The molecule has 6 heteroatoms. The molecule has 1 amide bonds. The van der Waals surface area contributed by atoms with Crippen LogP contribution in [0.2, 0.25) is 0 Å². The van der Waals surface area contributed by atoms with Crippen molar-refractivity contribution in [3.8, 4) is 0 Å². The third-order valence-electron chi connectivity index (χ3n) is 2.54. The van der Waals surface area contributed by atoms with Crippen LogP contribution >= 0.6 is 0 Å². The molecule has 0 aliphatic heterocycles. The van der Waals surface area contributed by atoms with Gasteiger partial charge in [0.2, 0.25) is 5.91 Å². The summed E-state index contributed by atoms with van der Waals surface area (Å²) in [6.45, 7) is 2.55. The van der Waals surface area contributed by atoms with Crippen LogP contribution in [0.4, 0.5) is 0 Å². The van der Waals surface area contributed by atoms with Crippen LogP contribution in [0.15, 0.2) is 6.33 Å². The van der Waals surface area contributed by atoms with Crippen molar-refractivity contribution in [2.75, 3.05) is 6.54 Å². The first kappa shape index (κ1) is 13.6. The molecule has 0 spiro atoms. The summed E-state index contributed by atoms with van der Waals surface area (Å²) in [5, 5.41) is 10.6. The Morgan fingerprint density at radius 1 is 1.65 bits per heavy atom. The Morgan fingerprint density at radius 2 is 2.41 bits per heavy atom. The molecule has 3 N–H and O–H groups in total. The van der Waals surface area contributed by atoms with Crippen molar-refractivity contribution in [2.24, 2.45) is 12.8 Å². The minimum atomic E-state index is 0.0767. The second-order valence-corrected chi connectivity index (χ2v) is 4.33. The smallest absolute Gasteiger partial charge is 0.220 e. The van der Waals surface area contributed by atoms with E-state index in [1.54, 1.807) is 6.33 Å². The number of carbonyl (C=O) groups is 1. The Hall–Kier alpha value is -1.43. The van der Waals surface area contributed by atoms with E-state index in [2.05, 4.69) is 15.5 Å². The minimum absolute atomic E-state index is 0.0767. The summed E-state index contributed by atoms with van der Waals surface area (Å²) in [5.74, 6) is 0.952. The van der Waals surface area contributed by atoms with Crippen molar-refractivity contribution in [2.45, 2.75) is 38.6 Å². The summed E-state index contributed by atoms with van der Waals surface area (Å²) in [6, 6.07) is 0.168. The highest BCUT2D eigenvalue weighted by Gasteiger charge is 2.04. The lowest BCUT2D eigenvalue weighted by Crippen LogP contribution is -2.26. The second kappa shape index (κ2) is 7.01. The van der Waals surface area contributed by atoms with Crippen LogP contribution in [0.25, 0.3) is 0 Å². The van der Waals surface area contributed by atoms with Crippen LogP contribution in [0.5, 0.6) is 0 Å². The van der Waals surface area contributed by atoms with E-state index >= 15 is 0 Å². The van der Waals surface area contributed by atoms with Gasteiger partial charge in [0, 0.05) is 32.5 Å². The highest BCUT2D eigenvalue weighted by Crippen LogP contribution is 1.98. The first-order valence-electron chi connectivity index (χ1n) is 5.94. The summed E-state index contributed by atoms with van der Waals surface area (Å²) in [6.07, 6.45) is 4.62. The molecule has 96 valence electrons. The number of aromatic nitrogens is 3. The molecular weight excluding hydrogens is 218 g/mol. The van der Waals surface area contributed by atoms with Gasteiger partial charge in [0.15, 0.2) is 0 Å². The highest BCUT2D eigenvalue weighted by atomic mass is 16.1. The molecule has 1 rings (SSSR count). The number of nitrogens with zero attached hydrogens (tertiary/aromatic N) is 3. The number of carbonyl (C=O) groups excluding carboxylic acids is 1. The Labute approximate surface area is 102 Å². The second-order valence-electron chi connectivity index (χ2n) is 4.33. The van der Waals surface area contributed by atoms with Crippen LogP contribution < -0.4 is 11.1 Å². The van der Waals surface area contributed by atoms with Gasteiger partial charge in [-0.2, -0.15) is 0 Å². The summed E-state index contributed by atoms with van der Waals surface area (Å²) in [5.41, 5.74) is 5.61. The number of hydrogen-bond acceptors (Lipinski definition) is 4. The van der Waals surface area contributed by atoms with E-state index < -0.39 is 0 Å². The lowest BCUT2D eigenvalue weighted by atomic mass is 10.1. The van der Waals surface area contributed by atoms with Crippen LogP contribution in [0.3, 0.4) is 0 Å². The van der Waals surface area contributed by atoms with Gasteiger partial charge in [-0.3, -0.25) is 4.79 Å². The molecule has 1 atom stereocenters. The molecule has 0 aliphatic rings. The zero-order valence-electron chi connectivity index (χ0n) is 10.5. The number of rotatable bonds is 7. The number of nitrogens with one attached hydrogen (secondary N) is 1. The maximum atomic E-state index is 11.4. The fourth-order valence-corrected chi connectivity index (χ4v) is 1.52. The molecule has 6 nitrogen and oxygen atoms in total. The molecule has 1 aromatic rings. The lowest BCUT2D eigenvalue weighted by Gasteiger charge is -2.06. The SMILES string of the molecule is CC(N)CCCC(=O)NCCc1nncn1C. The van der Waals surface area contributed by atoms with Gasteiger partial charge in [-0.05, 0) is 19.8 Å². The largest absolute Gasteiger partial charge is 0.356 e. The maximum absolute atomic E-state index is 11.4. The van der Waals surface area contributed by atoms with Gasteiger partial charge in [0.1, 0.15) is 12.2 Å². The van der Waals surface area contributed by atoms with Gasteiger partial charge in [0.05, 0.1) is 0 Å². The molecule has 17 heavy (non-hydrogen) atoms. The highest BCUT2D eigenvalue weighted by molar-refractivity contribution is 5.75. The average Bonchev–Trinajstić information content (AvgIpc) is 2.64. The van der Waals surface area contributed by atoms with E-state index in [0.717, 1.165) is 18.7 Å². The van der Waals surface area contributed by atoms with Crippen molar-refractivity contribution in [1.29, 1.82) is 0 Å². The minimum Gasteiger partial charge on any atom is -0.356 e. The number of aryl methyl sites for hydroxylation is 1. The molecule has 0 aromatic carbocycles. The standard InChI is InChI=1S/C11H21N5O/c1-9(12)4-3-5-11(17)13-7-6-10-15-14-8-16(10)2/h8-9H,3-7,12H2,1-2H3,(H,13,17). The maximum Gasteiger partial charge on any atom is 0.220 e. The Bertz CT molecular complexity index is 347. The molecule has 0 radical (unpaired) electrons. The normalized spacial score (nSPS) is 12.4. The lowest BCUT2D eigenvalue weighted by molar-refractivity contribution is -0.121. The van der Waals surface area contributed by atoms with Gasteiger partial charge in [-0.25, -0.2) is 0 Å². The monoisotopic (exact) mass is 239 g/mol. The van der Waals surface area contributed by atoms with E-state index in [9.17, 15) is 4.79 Å². The number of amides is 1. The molecule has 0 bridgehead atoms. The van der Waals surface area contributed by atoms with E-state index in [1.807, 2.05) is 18.5 Å². The van der Waals surface area contributed by atoms with Gasteiger partial charge >= 0.3 is 0 Å². The molecule has 0 aliphatic carbocycles. The van der Waals surface area contributed by atoms with E-state index in [0.29, 0.717) is 19.4 Å². The molecular formula is C11H21N5O. The molecule has 1 heterocycles. The third-order valence-corrected chi connectivity index (χ3v) is 2.54. The summed E-state index contributed by atoms with van der Waals surface area (Å²) >= 11 is 0. The Balaban J connectivity index is 2.10. The fraction of sp³-hybridized carbons (Fsp3) is 0.727. The van der Waals surface area contributed by atoms with Crippen LogP contribution in [0, 0.1) is 0 Å². The van der Waals surface area contributed by atoms with Crippen molar-refractivity contribution in [1.82, 2.24) is 20.1 Å². The Morgan fingerprint density at radius 3 is 3.00 bits per heavy atom. The number of hydrogen-bond donors (Lipinski definition) is 2. The zero-order valence-corrected chi connectivity index (χ0v) is 10.5. The van der Waals surface area contributed by atoms with Crippen molar-refractivity contribution >= 4 is 5.91 Å². The summed E-state index contributed by atoms with van der Waals surface area (Å²) in [4.78, 5) is 11.4. The van der Waals surface area contributed by atoms with Crippen LogP contribution in [0.1, 0.15) is 32.0 Å². The molecule has 0 saturated carbocycles. The zero-order chi connectivity index (χ0) is 12.7. The van der Waals surface area contributed by atoms with Crippen molar-refractivity contribution in [3.63, 3.8) is 0 Å². The molecule has 1 unspecified atom stereocenters. The molecule has 0 saturated heterocycles. The van der Waals surface area contributed by atoms with Gasteiger partial charge < -0.3 is 15.6 Å². The Kier molecular flexibility index (Phi) is 5.62. The van der Waals surface area contributed by atoms with E-state index in [4.69, 9.17) is 5.73 Å². The molecule has 1 aromatic heterocycles. The quantitative estimate of drug-likeness (QED) is 0.701. The van der Waals surface area contributed by atoms with Gasteiger partial charge in [0.25, 0.3) is 0 Å². The predicted molar refractivity (Wildman–Crippen MR) is 65.2 cm³/mol. The van der Waals surface area contributed by atoms with Gasteiger partial charge in [-0.1, -0.05) is 0 Å². The van der Waals surface area contributed by atoms with Crippen molar-refractivity contribution in [3.05, 3.63) is 12.2 Å². The third kappa shape index (κ3) is 5.44. The first-order chi connectivity index (χ1) is 8.09. The fourth-order valence-electron chi connectivity index (χ4n) is 1.52. The first-order valence-corrected chi connectivity index (χ1v) is 5.94. The number of nitrogens with two attached hydrogens (primary N) is 1. The van der Waals surface area contributed by atoms with Crippen molar-refractivity contribution < 1.29 is 4.79 Å². The van der Waals surface area contributed by atoms with Crippen LogP contribution in [-0.4, -0.2) is 33.3 Å². The van der Waals surface area contributed by atoms with Crippen LogP contribution in [-0.2, 0) is 18.3 Å². The molecule has 0 fully saturated rings. The summed E-state index contributed by atoms with van der Waals surface area (Å²) < 4.78 is 1.85.